The molecule has 0 radical (unpaired) electrons. The Morgan fingerprint density at radius 2 is 1.67 bits per heavy atom. The van der Waals surface area contributed by atoms with E-state index in [-0.39, 0.29) is 15.6 Å². The molecular weight excluding hydrogens is 388 g/mol. The number of anilines is 2. The summed E-state index contributed by atoms with van der Waals surface area (Å²) in [6, 6.07) is 13.2. The van der Waals surface area contributed by atoms with Crippen LogP contribution in [-0.4, -0.2) is 21.5 Å². The molecule has 3 aromatic rings. The Morgan fingerprint density at radius 1 is 1.00 bits per heavy atom. The Bertz CT molecular complexity index is 1170. The first-order valence-electron chi connectivity index (χ1n) is 8.55. The highest BCUT2D eigenvalue weighted by molar-refractivity contribution is 7.92. The van der Waals surface area contributed by atoms with E-state index in [9.17, 15) is 13.2 Å². The lowest BCUT2D eigenvalue weighted by atomic mass is 10.1. The van der Waals surface area contributed by atoms with Gasteiger partial charge in [0.05, 0.1) is 10.7 Å². The molecule has 0 bridgehead atoms. The van der Waals surface area contributed by atoms with Crippen molar-refractivity contribution in [1.29, 1.82) is 0 Å². The van der Waals surface area contributed by atoms with Gasteiger partial charge in [0.1, 0.15) is 10.5 Å². The van der Waals surface area contributed by atoms with Crippen molar-refractivity contribution in [3.8, 4) is 0 Å². The van der Waals surface area contributed by atoms with Crippen molar-refractivity contribution in [2.45, 2.75) is 17.7 Å². The molecule has 0 spiro atoms. The quantitative estimate of drug-likeness (QED) is 0.668. The van der Waals surface area contributed by atoms with Crippen LogP contribution in [0.5, 0.6) is 0 Å². The Hall–Kier alpha value is -2.51. The summed E-state index contributed by atoms with van der Waals surface area (Å²) in [6.07, 6.45) is 1.95. The van der Waals surface area contributed by atoms with Gasteiger partial charge in [0.15, 0.2) is 5.69 Å². The number of hydrogen-bond acceptors (Lipinski definition) is 5. The number of para-hydroxylation sites is 1. The number of benzene rings is 2. The van der Waals surface area contributed by atoms with E-state index in [1.54, 1.807) is 24.3 Å². The van der Waals surface area contributed by atoms with Gasteiger partial charge in [0.25, 0.3) is 10.0 Å². The van der Waals surface area contributed by atoms with Gasteiger partial charge in [-0.3, -0.25) is 4.72 Å². The highest BCUT2D eigenvalue weighted by Crippen LogP contribution is 2.35. The molecule has 6 nitrogen and oxygen atoms in total. The van der Waals surface area contributed by atoms with E-state index in [1.165, 1.54) is 12.1 Å². The van der Waals surface area contributed by atoms with Crippen molar-refractivity contribution in [1.82, 2.24) is 0 Å². The molecule has 27 heavy (non-hydrogen) atoms. The minimum absolute atomic E-state index is 0.0814. The zero-order valence-corrected chi connectivity index (χ0v) is 15.9. The van der Waals surface area contributed by atoms with Crippen LogP contribution in [0.4, 0.5) is 11.4 Å². The normalized spacial score (nSPS) is 14.6. The van der Waals surface area contributed by atoms with Crippen molar-refractivity contribution in [2.24, 2.45) is 0 Å². The van der Waals surface area contributed by atoms with Crippen molar-refractivity contribution in [3.63, 3.8) is 0 Å². The third-order valence-electron chi connectivity index (χ3n) is 4.57. The average molecular weight is 405 g/mol. The minimum atomic E-state index is -4.06. The van der Waals surface area contributed by atoms with Gasteiger partial charge >= 0.3 is 5.63 Å². The van der Waals surface area contributed by atoms with Gasteiger partial charge in [-0.15, -0.1) is 0 Å². The lowest BCUT2D eigenvalue weighted by Crippen LogP contribution is -2.26. The van der Waals surface area contributed by atoms with Gasteiger partial charge in [-0.2, -0.15) is 0 Å². The minimum Gasteiger partial charge on any atom is -0.421 e. The summed E-state index contributed by atoms with van der Waals surface area (Å²) in [4.78, 5) is 14.6. The largest absolute Gasteiger partial charge is 0.421 e. The van der Waals surface area contributed by atoms with E-state index in [0.717, 1.165) is 25.9 Å². The van der Waals surface area contributed by atoms with Gasteiger partial charge in [-0.25, -0.2) is 13.2 Å². The molecule has 1 N–H and O–H groups in total. The molecule has 0 amide bonds. The van der Waals surface area contributed by atoms with E-state index in [2.05, 4.69) is 4.72 Å². The molecule has 2 aromatic carbocycles. The fraction of sp³-hybridized carbons (Fsp3) is 0.211. The number of halogens is 1. The second-order valence-corrected chi connectivity index (χ2v) is 8.40. The van der Waals surface area contributed by atoms with Crippen LogP contribution in [0.25, 0.3) is 11.0 Å². The molecule has 0 unspecified atom stereocenters. The second-order valence-electron chi connectivity index (χ2n) is 6.34. The monoisotopic (exact) mass is 404 g/mol. The molecule has 0 atom stereocenters. The van der Waals surface area contributed by atoms with Gasteiger partial charge < -0.3 is 9.32 Å². The van der Waals surface area contributed by atoms with E-state index < -0.39 is 15.6 Å². The molecule has 1 aliphatic rings. The molecule has 0 aliphatic carbocycles. The fourth-order valence-electron chi connectivity index (χ4n) is 3.34. The van der Waals surface area contributed by atoms with Crippen LogP contribution >= 0.6 is 11.6 Å². The summed E-state index contributed by atoms with van der Waals surface area (Å²) >= 11 is 6.05. The molecular formula is C19H17ClN2O4S. The van der Waals surface area contributed by atoms with E-state index in [1.807, 2.05) is 17.0 Å². The van der Waals surface area contributed by atoms with E-state index in [4.69, 9.17) is 16.0 Å². The zero-order valence-electron chi connectivity index (χ0n) is 14.3. The SMILES string of the molecule is O=c1oc2ccccc2c(N2CCCC2)c1NS(=O)(=O)c1ccccc1Cl. The van der Waals surface area contributed by atoms with Crippen molar-refractivity contribution in [2.75, 3.05) is 22.7 Å². The smallest absolute Gasteiger partial charge is 0.363 e. The first kappa shape index (κ1) is 17.9. The van der Waals surface area contributed by atoms with Crippen LogP contribution in [-0.2, 0) is 10.0 Å². The number of nitrogens with zero attached hydrogens (tertiary/aromatic N) is 1. The lowest BCUT2D eigenvalue weighted by Gasteiger charge is -2.22. The first-order chi connectivity index (χ1) is 13.0. The van der Waals surface area contributed by atoms with Crippen molar-refractivity contribution >= 4 is 44.0 Å². The topological polar surface area (TPSA) is 79.6 Å². The fourth-order valence-corrected chi connectivity index (χ4v) is 4.93. The molecule has 4 rings (SSSR count). The molecule has 140 valence electrons. The highest BCUT2D eigenvalue weighted by atomic mass is 35.5. The highest BCUT2D eigenvalue weighted by Gasteiger charge is 2.27. The molecule has 0 saturated carbocycles. The molecule has 1 fully saturated rings. The van der Waals surface area contributed by atoms with Crippen molar-refractivity contribution in [3.05, 3.63) is 64.0 Å². The summed E-state index contributed by atoms with van der Waals surface area (Å²) in [5.74, 6) is 0. The third kappa shape index (κ3) is 3.28. The van der Waals surface area contributed by atoms with Gasteiger partial charge in [-0.05, 0) is 37.1 Å². The van der Waals surface area contributed by atoms with E-state index in [0.29, 0.717) is 16.7 Å². The third-order valence-corrected chi connectivity index (χ3v) is 6.42. The number of sulfonamides is 1. The van der Waals surface area contributed by atoms with Gasteiger partial charge in [0.2, 0.25) is 0 Å². The predicted molar refractivity (Wildman–Crippen MR) is 106 cm³/mol. The Balaban J connectivity index is 1.91. The number of hydrogen-bond donors (Lipinski definition) is 1. The van der Waals surface area contributed by atoms with Crippen LogP contribution in [0.2, 0.25) is 5.02 Å². The van der Waals surface area contributed by atoms with Gasteiger partial charge in [0, 0.05) is 18.5 Å². The summed E-state index contributed by atoms with van der Waals surface area (Å²) in [6.45, 7) is 1.49. The predicted octanol–water partition coefficient (Wildman–Crippen LogP) is 3.85. The zero-order chi connectivity index (χ0) is 19.0. The average Bonchev–Trinajstić information content (AvgIpc) is 3.16. The molecule has 2 heterocycles. The molecule has 8 heteroatoms. The maximum Gasteiger partial charge on any atom is 0.363 e. The second kappa shape index (κ2) is 6.90. The Kier molecular flexibility index (Phi) is 4.57. The van der Waals surface area contributed by atoms with Gasteiger partial charge in [-0.1, -0.05) is 35.9 Å². The standard InChI is InChI=1S/C19H17ClN2O4S/c20-14-8-2-4-10-16(14)27(24,25)21-17-18(22-11-5-6-12-22)13-7-1-3-9-15(13)26-19(17)23/h1-4,7-10,21H,5-6,11-12H2. The van der Waals surface area contributed by atoms with Crippen LogP contribution in [0, 0.1) is 0 Å². The number of fused-ring (bicyclic) bond motifs is 1. The maximum absolute atomic E-state index is 12.9. The van der Waals surface area contributed by atoms with Crippen LogP contribution in [0.3, 0.4) is 0 Å². The van der Waals surface area contributed by atoms with Crippen LogP contribution in [0.1, 0.15) is 12.8 Å². The van der Waals surface area contributed by atoms with E-state index >= 15 is 0 Å². The molecule has 1 aliphatic heterocycles. The molecule has 1 saturated heterocycles. The summed E-state index contributed by atoms with van der Waals surface area (Å²) in [5, 5.41) is 0.772. The van der Waals surface area contributed by atoms with Crippen LogP contribution < -0.4 is 15.2 Å². The summed E-state index contributed by atoms with van der Waals surface area (Å²) in [5.41, 5.74) is 0.154. The maximum atomic E-state index is 12.9. The lowest BCUT2D eigenvalue weighted by molar-refractivity contribution is 0.562. The van der Waals surface area contributed by atoms with Crippen molar-refractivity contribution < 1.29 is 12.8 Å². The Morgan fingerprint density at radius 3 is 2.41 bits per heavy atom. The number of rotatable bonds is 4. The van der Waals surface area contributed by atoms with Crippen LogP contribution in [0.15, 0.2) is 62.6 Å². The molecule has 1 aromatic heterocycles. The summed E-state index contributed by atoms with van der Waals surface area (Å²) < 4.78 is 33.6. The Labute approximate surface area is 161 Å². The first-order valence-corrected chi connectivity index (χ1v) is 10.4. The number of nitrogens with one attached hydrogen (secondary N) is 1. The summed E-state index contributed by atoms with van der Waals surface area (Å²) in [7, 11) is -4.06.